The van der Waals surface area contributed by atoms with Gasteiger partial charge in [0.2, 0.25) is 10.0 Å². The van der Waals surface area contributed by atoms with Gasteiger partial charge in [-0.25, -0.2) is 13.4 Å². The smallest absolute Gasteiger partial charge is 0.246 e. The minimum atomic E-state index is -3.67. The Morgan fingerprint density at radius 1 is 1.19 bits per heavy atom. The molecule has 0 spiro atoms. The lowest BCUT2D eigenvalue weighted by Gasteiger charge is -2.17. The van der Waals surface area contributed by atoms with Crippen LogP contribution in [0.1, 0.15) is 0 Å². The van der Waals surface area contributed by atoms with Gasteiger partial charge in [-0.15, -0.1) is 0 Å². The standard InChI is InChI=1S/C14H15ClN2O3S/c1-17(10-11-20-12-6-3-2-4-7-12)21(18,19)13-8-5-9-16-14(13)15/h2-9H,10-11H2,1H3. The van der Waals surface area contributed by atoms with E-state index < -0.39 is 10.0 Å². The molecular weight excluding hydrogens is 312 g/mol. The molecule has 1 heterocycles. The molecular formula is C14H15ClN2O3S. The minimum Gasteiger partial charge on any atom is -0.492 e. The van der Waals surface area contributed by atoms with Crippen LogP contribution in [0.25, 0.3) is 0 Å². The zero-order valence-electron chi connectivity index (χ0n) is 11.4. The molecule has 0 amide bonds. The molecule has 5 nitrogen and oxygen atoms in total. The van der Waals surface area contributed by atoms with Crippen molar-refractivity contribution in [1.29, 1.82) is 0 Å². The number of hydrogen-bond acceptors (Lipinski definition) is 4. The average molecular weight is 327 g/mol. The predicted octanol–water partition coefficient (Wildman–Crippen LogP) is 2.43. The molecule has 112 valence electrons. The minimum absolute atomic E-state index is 0.00567. The summed E-state index contributed by atoms with van der Waals surface area (Å²) in [4.78, 5) is 3.78. The van der Waals surface area contributed by atoms with E-state index in [1.807, 2.05) is 30.3 Å². The highest BCUT2D eigenvalue weighted by Gasteiger charge is 2.23. The third-order valence-corrected chi connectivity index (χ3v) is 5.13. The van der Waals surface area contributed by atoms with E-state index in [4.69, 9.17) is 16.3 Å². The van der Waals surface area contributed by atoms with Crippen molar-refractivity contribution in [3.63, 3.8) is 0 Å². The molecule has 0 aliphatic heterocycles. The first kappa shape index (κ1) is 15.8. The number of likely N-dealkylation sites (N-methyl/N-ethyl adjacent to an activating group) is 1. The van der Waals surface area contributed by atoms with Gasteiger partial charge in [-0.2, -0.15) is 4.31 Å². The summed E-state index contributed by atoms with van der Waals surface area (Å²) in [5.41, 5.74) is 0. The summed E-state index contributed by atoms with van der Waals surface area (Å²) in [5.74, 6) is 0.697. The second-order valence-electron chi connectivity index (χ2n) is 4.28. The van der Waals surface area contributed by atoms with Crippen LogP contribution in [0.15, 0.2) is 53.6 Å². The predicted molar refractivity (Wildman–Crippen MR) is 81.0 cm³/mol. The summed E-state index contributed by atoms with van der Waals surface area (Å²) < 4.78 is 31.4. The first-order valence-corrected chi connectivity index (χ1v) is 8.08. The van der Waals surface area contributed by atoms with E-state index in [2.05, 4.69) is 4.98 Å². The lowest BCUT2D eigenvalue weighted by atomic mass is 10.3. The lowest BCUT2D eigenvalue weighted by molar-refractivity contribution is 0.287. The SMILES string of the molecule is CN(CCOc1ccccc1)S(=O)(=O)c1cccnc1Cl. The van der Waals surface area contributed by atoms with Gasteiger partial charge in [0.25, 0.3) is 0 Å². The number of benzene rings is 1. The zero-order valence-corrected chi connectivity index (χ0v) is 13.0. The molecule has 1 aromatic carbocycles. The molecule has 2 aromatic rings. The van der Waals surface area contributed by atoms with Crippen LogP contribution in [0, 0.1) is 0 Å². The van der Waals surface area contributed by atoms with Crippen LogP contribution in [-0.2, 0) is 10.0 Å². The Labute approximate surface area is 129 Å². The second kappa shape index (κ2) is 6.89. The zero-order chi connectivity index (χ0) is 15.3. The van der Waals surface area contributed by atoms with Crippen molar-refractivity contribution in [1.82, 2.24) is 9.29 Å². The summed E-state index contributed by atoms with van der Waals surface area (Å²) in [7, 11) is -2.19. The van der Waals surface area contributed by atoms with Crippen LogP contribution in [-0.4, -0.2) is 37.9 Å². The van der Waals surface area contributed by atoms with Crippen LogP contribution >= 0.6 is 11.6 Å². The van der Waals surface area contributed by atoms with Gasteiger partial charge in [0.15, 0.2) is 0 Å². The van der Waals surface area contributed by atoms with E-state index in [-0.39, 0.29) is 23.2 Å². The first-order chi connectivity index (χ1) is 10.0. The monoisotopic (exact) mass is 326 g/mol. The Hall–Kier alpha value is -1.63. The lowest BCUT2D eigenvalue weighted by Crippen LogP contribution is -2.31. The van der Waals surface area contributed by atoms with Gasteiger partial charge in [-0.05, 0) is 24.3 Å². The van der Waals surface area contributed by atoms with Gasteiger partial charge in [0.05, 0.1) is 0 Å². The molecule has 0 aliphatic carbocycles. The average Bonchev–Trinajstić information content (AvgIpc) is 2.48. The first-order valence-electron chi connectivity index (χ1n) is 6.26. The number of nitrogens with zero attached hydrogens (tertiary/aromatic N) is 2. The Bertz CT molecular complexity index is 692. The Balaban J connectivity index is 2.00. The number of rotatable bonds is 6. The van der Waals surface area contributed by atoms with Crippen molar-refractivity contribution in [3.8, 4) is 5.75 Å². The van der Waals surface area contributed by atoms with Gasteiger partial charge in [-0.3, -0.25) is 0 Å². The summed E-state index contributed by atoms with van der Waals surface area (Å²) >= 11 is 5.83. The highest BCUT2D eigenvalue weighted by atomic mass is 35.5. The summed E-state index contributed by atoms with van der Waals surface area (Å²) in [6.07, 6.45) is 1.44. The molecule has 0 bridgehead atoms. The number of hydrogen-bond donors (Lipinski definition) is 0. The largest absolute Gasteiger partial charge is 0.492 e. The Kier molecular flexibility index (Phi) is 5.17. The van der Waals surface area contributed by atoms with E-state index in [1.54, 1.807) is 0 Å². The highest BCUT2D eigenvalue weighted by Crippen LogP contribution is 2.21. The number of halogens is 1. The van der Waals surface area contributed by atoms with Gasteiger partial charge in [-0.1, -0.05) is 29.8 Å². The molecule has 1 aromatic heterocycles. The second-order valence-corrected chi connectivity index (χ2v) is 6.65. The fourth-order valence-electron chi connectivity index (χ4n) is 1.66. The summed E-state index contributed by atoms with van der Waals surface area (Å²) in [6.45, 7) is 0.458. The maximum absolute atomic E-state index is 12.3. The molecule has 0 fully saturated rings. The third kappa shape index (κ3) is 3.93. The van der Waals surface area contributed by atoms with E-state index in [9.17, 15) is 8.42 Å². The van der Waals surface area contributed by atoms with Crippen molar-refractivity contribution in [2.24, 2.45) is 0 Å². The van der Waals surface area contributed by atoms with Crippen molar-refractivity contribution in [3.05, 3.63) is 53.8 Å². The van der Waals surface area contributed by atoms with Crippen LogP contribution in [0.4, 0.5) is 0 Å². The van der Waals surface area contributed by atoms with Crippen LogP contribution in [0.2, 0.25) is 5.15 Å². The van der Waals surface area contributed by atoms with E-state index in [1.165, 1.54) is 29.7 Å². The third-order valence-electron chi connectivity index (χ3n) is 2.83. The Morgan fingerprint density at radius 3 is 2.57 bits per heavy atom. The van der Waals surface area contributed by atoms with Gasteiger partial charge >= 0.3 is 0 Å². The molecule has 0 saturated carbocycles. The molecule has 0 saturated heterocycles. The van der Waals surface area contributed by atoms with E-state index >= 15 is 0 Å². The van der Waals surface area contributed by atoms with E-state index in [0.29, 0.717) is 5.75 Å². The van der Waals surface area contributed by atoms with Crippen LogP contribution < -0.4 is 4.74 Å². The number of aromatic nitrogens is 1. The van der Waals surface area contributed by atoms with Gasteiger partial charge < -0.3 is 4.74 Å². The molecule has 0 N–H and O–H groups in total. The summed E-state index contributed by atoms with van der Waals surface area (Å²) in [5, 5.41) is -0.0340. The number of pyridine rings is 1. The number of para-hydroxylation sites is 1. The van der Waals surface area contributed by atoms with Gasteiger partial charge in [0.1, 0.15) is 22.4 Å². The van der Waals surface area contributed by atoms with Crippen LogP contribution in [0.3, 0.4) is 0 Å². The normalized spacial score (nSPS) is 11.6. The van der Waals surface area contributed by atoms with E-state index in [0.717, 1.165) is 0 Å². The topological polar surface area (TPSA) is 59.5 Å². The number of ether oxygens (including phenoxy) is 1. The maximum atomic E-state index is 12.3. The fraction of sp³-hybridized carbons (Fsp3) is 0.214. The molecule has 0 aliphatic rings. The number of sulfonamides is 1. The van der Waals surface area contributed by atoms with Crippen molar-refractivity contribution >= 4 is 21.6 Å². The molecule has 0 radical (unpaired) electrons. The van der Waals surface area contributed by atoms with Crippen molar-refractivity contribution < 1.29 is 13.2 Å². The maximum Gasteiger partial charge on any atom is 0.246 e. The molecule has 0 unspecified atom stereocenters. The molecule has 21 heavy (non-hydrogen) atoms. The van der Waals surface area contributed by atoms with Crippen molar-refractivity contribution in [2.75, 3.05) is 20.2 Å². The highest BCUT2D eigenvalue weighted by molar-refractivity contribution is 7.89. The molecule has 7 heteroatoms. The summed E-state index contributed by atoms with van der Waals surface area (Å²) in [6, 6.07) is 12.2. The van der Waals surface area contributed by atoms with Gasteiger partial charge in [0, 0.05) is 19.8 Å². The fourth-order valence-corrected chi connectivity index (χ4v) is 3.24. The Morgan fingerprint density at radius 2 is 1.90 bits per heavy atom. The van der Waals surface area contributed by atoms with Crippen LogP contribution in [0.5, 0.6) is 5.75 Å². The van der Waals surface area contributed by atoms with Crippen molar-refractivity contribution in [2.45, 2.75) is 4.90 Å². The molecule has 2 rings (SSSR count). The quantitative estimate of drug-likeness (QED) is 0.765. The molecule has 0 atom stereocenters.